The smallest absolute Gasteiger partial charge is 0.257 e. The molecule has 0 aliphatic carbocycles. The predicted molar refractivity (Wildman–Crippen MR) is 133 cm³/mol. The molecule has 2 bridgehead atoms. The van der Waals surface area contributed by atoms with E-state index in [9.17, 15) is 9.59 Å². The Hall–Kier alpha value is -3.00. The van der Waals surface area contributed by atoms with Gasteiger partial charge in [-0.3, -0.25) is 9.59 Å². The first-order valence-corrected chi connectivity index (χ1v) is 12.5. The number of amides is 2. The summed E-state index contributed by atoms with van der Waals surface area (Å²) >= 11 is 0. The molecule has 3 aliphatic heterocycles. The van der Waals surface area contributed by atoms with Crippen LogP contribution in [0.5, 0.6) is 5.75 Å². The van der Waals surface area contributed by atoms with Crippen molar-refractivity contribution < 1.29 is 19.1 Å². The molecule has 188 valence electrons. The molecule has 0 atom stereocenters. The van der Waals surface area contributed by atoms with Crippen LogP contribution in [0, 0.1) is 19.3 Å². The maximum absolute atomic E-state index is 13.4. The third-order valence-electron chi connectivity index (χ3n) is 7.30. The number of ether oxygens (including phenoxy) is 2. The minimum atomic E-state index is -0.0848. The third-order valence-corrected chi connectivity index (χ3v) is 7.30. The standard InChI is InChI=1S/C27H36N4O4/c1-20-23(18-28-21(2)29-20)26(33)30-13-7-6-10-27(19-34-3)11-14-31(15-12-27)25(32)22-8-4-5-9-24(22)35-17-16-30/h4-5,8-9,18H,6-7,10-17,19H2,1-3H3. The fourth-order valence-electron chi connectivity index (χ4n) is 5.24. The molecule has 8 heteroatoms. The van der Waals surface area contributed by atoms with Crippen molar-refractivity contribution in [3.05, 3.63) is 53.1 Å². The Balaban J connectivity index is 1.59. The Kier molecular flexibility index (Phi) is 8.00. The molecule has 1 aromatic carbocycles. The van der Waals surface area contributed by atoms with Crippen LogP contribution in [-0.2, 0) is 4.74 Å². The summed E-state index contributed by atoms with van der Waals surface area (Å²) in [6.07, 6.45) is 6.35. The first kappa shape index (κ1) is 25.1. The maximum Gasteiger partial charge on any atom is 0.257 e. The number of aryl methyl sites for hydroxylation is 2. The number of hydrogen-bond donors (Lipinski definition) is 0. The molecule has 3 aliphatic rings. The van der Waals surface area contributed by atoms with Crippen molar-refractivity contribution in [2.75, 3.05) is 46.5 Å². The van der Waals surface area contributed by atoms with E-state index >= 15 is 0 Å². The SMILES string of the molecule is COCC12CCCCN(C(=O)c3cnc(C)nc3C)CCOc3ccccc3C(=O)N(CC1)CC2. The normalized spacial score (nSPS) is 18.9. The molecule has 0 N–H and O–H groups in total. The third kappa shape index (κ3) is 5.81. The minimum absolute atomic E-state index is 0.00171. The Labute approximate surface area is 207 Å². The monoisotopic (exact) mass is 480 g/mol. The van der Waals surface area contributed by atoms with Crippen LogP contribution in [0.2, 0.25) is 0 Å². The van der Waals surface area contributed by atoms with Crippen LogP contribution in [-0.4, -0.2) is 78.1 Å². The van der Waals surface area contributed by atoms with Gasteiger partial charge in [-0.05, 0) is 57.1 Å². The molecule has 1 saturated heterocycles. The first-order chi connectivity index (χ1) is 16.9. The molecule has 8 nitrogen and oxygen atoms in total. The van der Waals surface area contributed by atoms with Crippen LogP contribution >= 0.6 is 0 Å². The second-order valence-electron chi connectivity index (χ2n) is 9.74. The highest BCUT2D eigenvalue weighted by atomic mass is 16.5. The van der Waals surface area contributed by atoms with Gasteiger partial charge in [0.25, 0.3) is 11.8 Å². The van der Waals surface area contributed by atoms with Crippen LogP contribution in [0.4, 0.5) is 0 Å². The van der Waals surface area contributed by atoms with E-state index in [1.165, 1.54) is 0 Å². The summed E-state index contributed by atoms with van der Waals surface area (Å²) in [5, 5.41) is 0. The summed E-state index contributed by atoms with van der Waals surface area (Å²) in [4.78, 5) is 39.2. The van der Waals surface area contributed by atoms with Crippen molar-refractivity contribution in [3.63, 3.8) is 0 Å². The summed E-state index contributed by atoms with van der Waals surface area (Å²) in [5.74, 6) is 1.12. The zero-order chi connectivity index (χ0) is 24.8. The first-order valence-electron chi connectivity index (χ1n) is 12.5. The average Bonchev–Trinajstić information content (AvgIpc) is 2.86. The van der Waals surface area contributed by atoms with Crippen molar-refractivity contribution >= 4 is 11.8 Å². The molecule has 1 fully saturated rings. The van der Waals surface area contributed by atoms with Crippen molar-refractivity contribution in [1.82, 2.24) is 19.8 Å². The van der Waals surface area contributed by atoms with Crippen molar-refractivity contribution in [2.24, 2.45) is 5.41 Å². The molecule has 0 spiro atoms. The summed E-state index contributed by atoms with van der Waals surface area (Å²) in [7, 11) is 1.75. The van der Waals surface area contributed by atoms with Crippen LogP contribution in [0.15, 0.2) is 30.5 Å². The summed E-state index contributed by atoms with van der Waals surface area (Å²) in [6, 6.07) is 7.39. The van der Waals surface area contributed by atoms with Gasteiger partial charge >= 0.3 is 0 Å². The summed E-state index contributed by atoms with van der Waals surface area (Å²) < 4.78 is 11.7. The average molecular weight is 481 g/mol. The van der Waals surface area contributed by atoms with E-state index < -0.39 is 0 Å². The Morgan fingerprint density at radius 2 is 1.86 bits per heavy atom. The lowest BCUT2D eigenvalue weighted by Crippen LogP contribution is -2.45. The van der Waals surface area contributed by atoms with Gasteiger partial charge < -0.3 is 19.3 Å². The van der Waals surface area contributed by atoms with Crippen molar-refractivity contribution in [1.29, 1.82) is 0 Å². The van der Waals surface area contributed by atoms with Crippen LogP contribution < -0.4 is 4.74 Å². The number of hydrogen-bond acceptors (Lipinski definition) is 6. The lowest BCUT2D eigenvalue weighted by Gasteiger charge is -2.41. The number of rotatable bonds is 3. The van der Waals surface area contributed by atoms with Gasteiger partial charge in [-0.2, -0.15) is 0 Å². The van der Waals surface area contributed by atoms with Crippen LogP contribution in [0.25, 0.3) is 0 Å². The minimum Gasteiger partial charge on any atom is -0.491 e. The molecule has 35 heavy (non-hydrogen) atoms. The highest BCUT2D eigenvalue weighted by molar-refractivity contribution is 5.97. The predicted octanol–water partition coefficient (Wildman–Crippen LogP) is 3.67. The van der Waals surface area contributed by atoms with Gasteiger partial charge in [-0.25, -0.2) is 9.97 Å². The molecule has 4 heterocycles. The Bertz CT molecular complexity index is 1050. The lowest BCUT2D eigenvalue weighted by atomic mass is 9.75. The second-order valence-corrected chi connectivity index (χ2v) is 9.74. The number of carbonyl (C=O) groups excluding carboxylic acids is 2. The molecule has 5 rings (SSSR count). The highest BCUT2D eigenvalue weighted by Crippen LogP contribution is 2.38. The van der Waals surface area contributed by atoms with Crippen LogP contribution in [0.3, 0.4) is 0 Å². The van der Waals surface area contributed by atoms with Crippen LogP contribution in [0.1, 0.15) is 64.3 Å². The number of fused-ring (bicyclic) bond motifs is 9. The molecular formula is C27H36N4O4. The van der Waals surface area contributed by atoms with Gasteiger partial charge in [-0.1, -0.05) is 18.6 Å². The number of piperidine rings is 1. The highest BCUT2D eigenvalue weighted by Gasteiger charge is 2.36. The van der Waals surface area contributed by atoms with E-state index in [1.54, 1.807) is 13.3 Å². The zero-order valence-electron chi connectivity index (χ0n) is 21.1. The van der Waals surface area contributed by atoms with E-state index in [2.05, 4.69) is 9.97 Å². The quantitative estimate of drug-likeness (QED) is 0.667. The fourth-order valence-corrected chi connectivity index (χ4v) is 5.24. The van der Waals surface area contributed by atoms with E-state index in [0.717, 1.165) is 32.1 Å². The fraction of sp³-hybridized carbons (Fsp3) is 0.556. The van der Waals surface area contributed by atoms with Crippen molar-refractivity contribution in [3.8, 4) is 5.75 Å². The van der Waals surface area contributed by atoms with Gasteiger partial charge in [-0.15, -0.1) is 0 Å². The molecule has 0 unspecified atom stereocenters. The number of aromatic nitrogens is 2. The largest absolute Gasteiger partial charge is 0.491 e. The zero-order valence-corrected chi connectivity index (χ0v) is 21.1. The summed E-state index contributed by atoms with van der Waals surface area (Å²) in [6.45, 7) is 7.13. The molecule has 2 aromatic rings. The topological polar surface area (TPSA) is 84.9 Å². The number of carbonyl (C=O) groups is 2. The summed E-state index contributed by atoms with van der Waals surface area (Å²) in [5.41, 5.74) is 1.84. The second kappa shape index (κ2) is 11.2. The van der Waals surface area contributed by atoms with Gasteiger partial charge in [0.15, 0.2) is 0 Å². The maximum atomic E-state index is 13.4. The number of methoxy groups -OCH3 is 1. The molecule has 0 saturated carbocycles. The lowest BCUT2D eigenvalue weighted by molar-refractivity contribution is 0.0136. The van der Waals surface area contributed by atoms with Gasteiger partial charge in [0, 0.05) is 32.9 Å². The van der Waals surface area contributed by atoms with Gasteiger partial charge in [0.2, 0.25) is 0 Å². The van der Waals surface area contributed by atoms with E-state index in [-0.39, 0.29) is 17.2 Å². The van der Waals surface area contributed by atoms with E-state index in [0.29, 0.717) is 67.8 Å². The number of nitrogens with zero attached hydrogens (tertiary/aromatic N) is 4. The van der Waals surface area contributed by atoms with Crippen molar-refractivity contribution in [2.45, 2.75) is 46.0 Å². The molecule has 1 aromatic heterocycles. The van der Waals surface area contributed by atoms with Gasteiger partial charge in [0.1, 0.15) is 18.2 Å². The Morgan fingerprint density at radius 3 is 2.60 bits per heavy atom. The Morgan fingerprint density at radius 1 is 1.09 bits per heavy atom. The van der Waals surface area contributed by atoms with E-state index in [1.807, 2.05) is 47.9 Å². The molecule has 0 radical (unpaired) electrons. The van der Waals surface area contributed by atoms with E-state index in [4.69, 9.17) is 9.47 Å². The van der Waals surface area contributed by atoms with Gasteiger partial charge in [0.05, 0.1) is 30.0 Å². The number of para-hydroxylation sites is 1. The molecule has 2 amide bonds. The number of benzene rings is 1. The molecular weight excluding hydrogens is 444 g/mol.